The van der Waals surface area contributed by atoms with E-state index >= 15 is 0 Å². The molecule has 1 aliphatic rings. The minimum Gasteiger partial charge on any atom is -0.389 e. The second-order valence-electron chi connectivity index (χ2n) is 5.33. The number of benzene rings is 1. The lowest BCUT2D eigenvalue weighted by Crippen LogP contribution is -2.35. The average Bonchev–Trinajstić information content (AvgIpc) is 2.91. The van der Waals surface area contributed by atoms with E-state index in [0.717, 1.165) is 31.6 Å². The number of likely N-dealkylation sites (N-methyl/N-ethyl adjacent to an activating group) is 1. The van der Waals surface area contributed by atoms with Crippen LogP contribution in [0.2, 0.25) is 0 Å². The van der Waals surface area contributed by atoms with E-state index in [4.69, 9.17) is 22.7 Å². The maximum atomic E-state index is 12.0. The molecular formula is C15H21N3O2S. The van der Waals surface area contributed by atoms with Crippen molar-refractivity contribution in [3.63, 3.8) is 0 Å². The Morgan fingerprint density at radius 1 is 1.57 bits per heavy atom. The molecule has 2 rings (SSSR count). The largest absolute Gasteiger partial charge is 0.389 e. The number of nitrogens with one attached hydrogen (secondary N) is 1. The fraction of sp³-hybridized carbons (Fsp3) is 0.467. The molecule has 0 saturated carbocycles. The van der Waals surface area contributed by atoms with Gasteiger partial charge in [-0.2, -0.15) is 0 Å². The monoisotopic (exact) mass is 307 g/mol. The summed E-state index contributed by atoms with van der Waals surface area (Å²) in [5, 5.41) is 2.86. The van der Waals surface area contributed by atoms with E-state index in [1.807, 2.05) is 30.1 Å². The molecule has 114 valence electrons. The van der Waals surface area contributed by atoms with Gasteiger partial charge in [-0.1, -0.05) is 24.4 Å². The second kappa shape index (κ2) is 7.49. The van der Waals surface area contributed by atoms with Gasteiger partial charge in [0.15, 0.2) is 0 Å². The van der Waals surface area contributed by atoms with Crippen LogP contribution in [0.5, 0.6) is 0 Å². The molecule has 1 unspecified atom stereocenters. The molecule has 0 aromatic heterocycles. The number of carbonyl (C=O) groups excluding carboxylic acids is 1. The van der Waals surface area contributed by atoms with Gasteiger partial charge in [0.1, 0.15) is 4.99 Å². The Morgan fingerprint density at radius 2 is 2.38 bits per heavy atom. The van der Waals surface area contributed by atoms with E-state index < -0.39 is 0 Å². The molecule has 0 aliphatic carbocycles. The van der Waals surface area contributed by atoms with Gasteiger partial charge in [0.2, 0.25) is 5.91 Å². The maximum Gasteiger partial charge on any atom is 0.238 e. The zero-order chi connectivity index (χ0) is 15.2. The van der Waals surface area contributed by atoms with Crippen molar-refractivity contribution >= 4 is 28.8 Å². The third-order valence-corrected chi connectivity index (χ3v) is 3.62. The highest BCUT2D eigenvalue weighted by Gasteiger charge is 2.18. The quantitative estimate of drug-likeness (QED) is 0.777. The Labute approximate surface area is 130 Å². The van der Waals surface area contributed by atoms with Gasteiger partial charge in [-0.25, -0.2) is 0 Å². The minimum absolute atomic E-state index is 0.0596. The lowest BCUT2D eigenvalue weighted by Gasteiger charge is -2.20. The molecule has 5 nitrogen and oxygen atoms in total. The van der Waals surface area contributed by atoms with Crippen LogP contribution < -0.4 is 11.1 Å². The SMILES string of the molecule is CN(CC(=O)Nc1cccc(C(N)=S)c1)CC1CCCO1. The standard InChI is InChI=1S/C15H21N3O2S/c1-18(9-13-6-3-7-20-13)10-14(19)17-12-5-2-4-11(8-12)15(16)21/h2,4-5,8,13H,3,6-7,9-10H2,1H3,(H2,16,21)(H,17,19). The van der Waals surface area contributed by atoms with Crippen molar-refractivity contribution in [1.29, 1.82) is 0 Å². The Kier molecular flexibility index (Phi) is 5.67. The number of nitrogens with two attached hydrogens (primary N) is 1. The van der Waals surface area contributed by atoms with Crippen molar-refractivity contribution in [3.8, 4) is 0 Å². The number of anilines is 1. The molecule has 1 amide bonds. The Balaban J connectivity index is 1.83. The van der Waals surface area contributed by atoms with Crippen LogP contribution in [-0.2, 0) is 9.53 Å². The summed E-state index contributed by atoms with van der Waals surface area (Å²) in [5.41, 5.74) is 7.03. The number of carbonyl (C=O) groups is 1. The zero-order valence-corrected chi connectivity index (χ0v) is 13.0. The van der Waals surface area contributed by atoms with E-state index in [0.29, 0.717) is 17.2 Å². The van der Waals surface area contributed by atoms with Crippen molar-refractivity contribution in [1.82, 2.24) is 4.90 Å². The Bertz CT molecular complexity index is 515. The van der Waals surface area contributed by atoms with Crippen LogP contribution in [0.3, 0.4) is 0 Å². The first-order valence-corrected chi connectivity index (χ1v) is 7.45. The summed E-state index contributed by atoms with van der Waals surface area (Å²) in [7, 11) is 1.92. The average molecular weight is 307 g/mol. The predicted octanol–water partition coefficient (Wildman–Crippen LogP) is 1.37. The van der Waals surface area contributed by atoms with E-state index in [2.05, 4.69) is 5.32 Å². The summed E-state index contributed by atoms with van der Waals surface area (Å²) in [5.74, 6) is -0.0596. The normalized spacial score (nSPS) is 17.9. The molecule has 1 heterocycles. The Hall–Kier alpha value is -1.50. The molecule has 1 atom stereocenters. The summed E-state index contributed by atoms with van der Waals surface area (Å²) >= 11 is 4.93. The van der Waals surface area contributed by atoms with Crippen LogP contribution in [0.4, 0.5) is 5.69 Å². The maximum absolute atomic E-state index is 12.0. The lowest BCUT2D eigenvalue weighted by atomic mass is 10.2. The van der Waals surface area contributed by atoms with E-state index in [1.165, 1.54) is 0 Å². The van der Waals surface area contributed by atoms with Crippen molar-refractivity contribution in [3.05, 3.63) is 29.8 Å². The molecule has 6 heteroatoms. The number of hydrogen-bond acceptors (Lipinski definition) is 4. The summed E-state index contributed by atoms with van der Waals surface area (Å²) in [6.45, 7) is 1.94. The smallest absolute Gasteiger partial charge is 0.238 e. The highest BCUT2D eigenvalue weighted by Crippen LogP contribution is 2.13. The first-order valence-electron chi connectivity index (χ1n) is 7.04. The van der Waals surface area contributed by atoms with E-state index in [9.17, 15) is 4.79 Å². The molecule has 1 aliphatic heterocycles. The highest BCUT2D eigenvalue weighted by molar-refractivity contribution is 7.80. The topological polar surface area (TPSA) is 67.6 Å². The van der Waals surface area contributed by atoms with Crippen LogP contribution in [0.15, 0.2) is 24.3 Å². The summed E-state index contributed by atoms with van der Waals surface area (Å²) in [6.07, 6.45) is 2.43. The third-order valence-electron chi connectivity index (χ3n) is 3.38. The Morgan fingerprint density at radius 3 is 3.05 bits per heavy atom. The molecule has 1 aromatic rings. The van der Waals surface area contributed by atoms with Crippen LogP contribution in [0, 0.1) is 0 Å². The molecule has 0 spiro atoms. The number of ether oxygens (including phenoxy) is 1. The summed E-state index contributed by atoms with van der Waals surface area (Å²) < 4.78 is 5.56. The molecule has 1 saturated heterocycles. The highest BCUT2D eigenvalue weighted by atomic mass is 32.1. The van der Waals surface area contributed by atoms with Gasteiger partial charge in [-0.05, 0) is 32.0 Å². The van der Waals surface area contributed by atoms with E-state index in [-0.39, 0.29) is 12.0 Å². The van der Waals surface area contributed by atoms with Crippen LogP contribution in [-0.4, -0.2) is 48.6 Å². The number of rotatable bonds is 6. The zero-order valence-electron chi connectivity index (χ0n) is 12.2. The third kappa shape index (κ3) is 5.08. The summed E-state index contributed by atoms with van der Waals surface area (Å²) in [6, 6.07) is 7.24. The molecule has 1 fully saturated rings. The van der Waals surface area contributed by atoms with Crippen molar-refractivity contribution < 1.29 is 9.53 Å². The fourth-order valence-electron chi connectivity index (χ4n) is 2.40. The predicted molar refractivity (Wildman–Crippen MR) is 87.4 cm³/mol. The van der Waals surface area contributed by atoms with Gasteiger partial charge in [0.05, 0.1) is 12.6 Å². The van der Waals surface area contributed by atoms with Gasteiger partial charge < -0.3 is 15.8 Å². The first kappa shape index (κ1) is 15.9. The van der Waals surface area contributed by atoms with Gasteiger partial charge in [0.25, 0.3) is 0 Å². The van der Waals surface area contributed by atoms with E-state index in [1.54, 1.807) is 6.07 Å². The van der Waals surface area contributed by atoms with Gasteiger partial charge in [-0.3, -0.25) is 9.69 Å². The van der Waals surface area contributed by atoms with Gasteiger partial charge in [0, 0.05) is 24.4 Å². The van der Waals surface area contributed by atoms with Crippen molar-refractivity contribution in [2.24, 2.45) is 5.73 Å². The molecule has 0 bridgehead atoms. The lowest BCUT2D eigenvalue weighted by molar-refractivity contribution is -0.117. The van der Waals surface area contributed by atoms with Crippen LogP contribution in [0.25, 0.3) is 0 Å². The van der Waals surface area contributed by atoms with Crippen LogP contribution in [0.1, 0.15) is 18.4 Å². The molecule has 0 radical (unpaired) electrons. The van der Waals surface area contributed by atoms with Crippen molar-refractivity contribution in [2.45, 2.75) is 18.9 Å². The molecular weight excluding hydrogens is 286 g/mol. The van der Waals surface area contributed by atoms with Gasteiger partial charge in [-0.15, -0.1) is 0 Å². The minimum atomic E-state index is -0.0596. The number of amides is 1. The number of thiocarbonyl (C=S) groups is 1. The second-order valence-corrected chi connectivity index (χ2v) is 5.76. The fourth-order valence-corrected chi connectivity index (χ4v) is 2.52. The van der Waals surface area contributed by atoms with Gasteiger partial charge >= 0.3 is 0 Å². The number of nitrogens with zero attached hydrogens (tertiary/aromatic N) is 1. The number of hydrogen-bond donors (Lipinski definition) is 2. The van der Waals surface area contributed by atoms with Crippen molar-refractivity contribution in [2.75, 3.05) is 32.1 Å². The van der Waals surface area contributed by atoms with Crippen LogP contribution >= 0.6 is 12.2 Å². The molecule has 21 heavy (non-hydrogen) atoms. The summed E-state index contributed by atoms with van der Waals surface area (Å²) in [4.78, 5) is 14.3. The molecule has 1 aromatic carbocycles. The molecule has 3 N–H and O–H groups in total. The first-order chi connectivity index (χ1) is 10.0.